The Morgan fingerprint density at radius 1 is 1.33 bits per heavy atom. The number of phenols is 1. The van der Waals surface area contributed by atoms with E-state index >= 15 is 0 Å². The number of hydrogen-bond acceptors (Lipinski definition) is 3. The number of methoxy groups -OCH3 is 1. The molecule has 2 rings (SSSR count). The van der Waals surface area contributed by atoms with E-state index in [1.54, 1.807) is 19.2 Å². The van der Waals surface area contributed by atoms with Crippen molar-refractivity contribution in [3.63, 3.8) is 0 Å². The highest BCUT2D eigenvalue weighted by molar-refractivity contribution is 5.85. The van der Waals surface area contributed by atoms with Crippen LogP contribution in [0, 0.1) is 0 Å². The summed E-state index contributed by atoms with van der Waals surface area (Å²) >= 11 is 0. The highest BCUT2D eigenvalue weighted by Gasteiger charge is 2.25. The van der Waals surface area contributed by atoms with Gasteiger partial charge in [0.05, 0.1) is 6.10 Å². The largest absolute Gasteiger partial charge is 0.508 e. The second-order valence-corrected chi connectivity index (χ2v) is 3.80. The van der Waals surface area contributed by atoms with Crippen molar-refractivity contribution in [3.8, 4) is 5.75 Å². The Bertz CT molecular complexity index is 343. The Balaban J connectivity index is 0.00000112. The maximum atomic E-state index is 9.33. The molecule has 4 heteroatoms. The van der Waals surface area contributed by atoms with E-state index in [2.05, 4.69) is 0 Å². The molecule has 1 aliphatic rings. The van der Waals surface area contributed by atoms with Crippen LogP contribution in [0.15, 0.2) is 18.2 Å². The van der Waals surface area contributed by atoms with Crippen LogP contribution in [-0.2, 0) is 17.6 Å². The molecule has 3 nitrogen and oxygen atoms in total. The number of nitrogens with two attached hydrogens (primary N) is 1. The predicted molar refractivity (Wildman–Crippen MR) is 61.5 cm³/mol. The minimum atomic E-state index is 0. The third-order valence-corrected chi connectivity index (χ3v) is 2.85. The van der Waals surface area contributed by atoms with Gasteiger partial charge in [0.15, 0.2) is 0 Å². The normalized spacial score (nSPS) is 24.1. The standard InChI is InChI=1S/C11H15NO2.ClH/c1-14-11-6-7-2-3-9(13)4-8(7)5-10(11)12;/h2-4,10-11,13H,5-6,12H2,1H3;1H. The van der Waals surface area contributed by atoms with Crippen LogP contribution in [-0.4, -0.2) is 24.4 Å². The molecule has 15 heavy (non-hydrogen) atoms. The Hall–Kier alpha value is -0.770. The van der Waals surface area contributed by atoms with E-state index in [4.69, 9.17) is 10.5 Å². The fourth-order valence-corrected chi connectivity index (χ4v) is 2.01. The molecule has 0 bridgehead atoms. The van der Waals surface area contributed by atoms with Gasteiger partial charge >= 0.3 is 0 Å². The van der Waals surface area contributed by atoms with Gasteiger partial charge in [-0.2, -0.15) is 0 Å². The zero-order valence-electron chi connectivity index (χ0n) is 8.64. The van der Waals surface area contributed by atoms with Gasteiger partial charge in [-0.1, -0.05) is 6.07 Å². The summed E-state index contributed by atoms with van der Waals surface area (Å²) in [5.41, 5.74) is 8.32. The summed E-state index contributed by atoms with van der Waals surface area (Å²) in [6, 6.07) is 5.49. The van der Waals surface area contributed by atoms with Gasteiger partial charge in [0.1, 0.15) is 5.75 Å². The fourth-order valence-electron chi connectivity index (χ4n) is 2.01. The quantitative estimate of drug-likeness (QED) is 0.762. The van der Waals surface area contributed by atoms with E-state index < -0.39 is 0 Å². The molecular formula is C11H16ClNO2. The van der Waals surface area contributed by atoms with Crippen molar-refractivity contribution in [2.24, 2.45) is 5.73 Å². The number of benzene rings is 1. The third kappa shape index (κ3) is 2.43. The van der Waals surface area contributed by atoms with Crippen LogP contribution < -0.4 is 5.73 Å². The van der Waals surface area contributed by atoms with Crippen LogP contribution in [0.1, 0.15) is 11.1 Å². The number of hydrogen-bond donors (Lipinski definition) is 2. The molecule has 84 valence electrons. The van der Waals surface area contributed by atoms with E-state index in [1.165, 1.54) is 5.56 Å². The maximum absolute atomic E-state index is 9.33. The van der Waals surface area contributed by atoms with Crippen LogP contribution >= 0.6 is 12.4 Å². The monoisotopic (exact) mass is 229 g/mol. The van der Waals surface area contributed by atoms with Crippen molar-refractivity contribution in [1.29, 1.82) is 0 Å². The Kier molecular flexibility index (Phi) is 3.97. The molecule has 1 aromatic carbocycles. The van der Waals surface area contributed by atoms with E-state index in [1.807, 2.05) is 6.07 Å². The van der Waals surface area contributed by atoms with E-state index in [0.717, 1.165) is 18.4 Å². The van der Waals surface area contributed by atoms with E-state index in [0.29, 0.717) is 5.75 Å². The fraction of sp³-hybridized carbons (Fsp3) is 0.455. The Morgan fingerprint density at radius 3 is 2.73 bits per heavy atom. The second-order valence-electron chi connectivity index (χ2n) is 3.80. The van der Waals surface area contributed by atoms with Crippen molar-refractivity contribution in [3.05, 3.63) is 29.3 Å². The van der Waals surface area contributed by atoms with Crippen molar-refractivity contribution in [2.45, 2.75) is 25.0 Å². The van der Waals surface area contributed by atoms with Crippen LogP contribution in [0.2, 0.25) is 0 Å². The first-order valence-corrected chi connectivity index (χ1v) is 4.80. The average Bonchev–Trinajstić information content (AvgIpc) is 2.16. The number of halogens is 1. The molecule has 0 fully saturated rings. The third-order valence-electron chi connectivity index (χ3n) is 2.85. The molecule has 0 radical (unpaired) electrons. The van der Waals surface area contributed by atoms with Gasteiger partial charge in [-0.15, -0.1) is 12.4 Å². The van der Waals surface area contributed by atoms with Crippen LogP contribution in [0.5, 0.6) is 5.75 Å². The van der Waals surface area contributed by atoms with E-state index in [-0.39, 0.29) is 24.6 Å². The maximum Gasteiger partial charge on any atom is 0.115 e. The first-order chi connectivity index (χ1) is 6.70. The van der Waals surface area contributed by atoms with Crippen LogP contribution in [0.25, 0.3) is 0 Å². The molecule has 3 N–H and O–H groups in total. The lowest BCUT2D eigenvalue weighted by Crippen LogP contribution is -2.42. The van der Waals surface area contributed by atoms with Gasteiger partial charge in [0.2, 0.25) is 0 Å². The SMILES string of the molecule is COC1Cc2ccc(O)cc2CC1N.Cl. The number of aromatic hydroxyl groups is 1. The minimum absolute atomic E-state index is 0. The molecule has 0 heterocycles. The molecule has 0 spiro atoms. The van der Waals surface area contributed by atoms with Crippen LogP contribution in [0.4, 0.5) is 0 Å². The summed E-state index contributed by atoms with van der Waals surface area (Å²) in [5, 5.41) is 9.33. The number of ether oxygens (including phenoxy) is 1. The van der Waals surface area contributed by atoms with Crippen molar-refractivity contribution in [2.75, 3.05) is 7.11 Å². The first kappa shape index (κ1) is 12.3. The van der Waals surface area contributed by atoms with Gasteiger partial charge in [0, 0.05) is 19.6 Å². The molecule has 2 atom stereocenters. The minimum Gasteiger partial charge on any atom is -0.508 e. The average molecular weight is 230 g/mol. The number of fused-ring (bicyclic) bond motifs is 1. The summed E-state index contributed by atoms with van der Waals surface area (Å²) in [6.45, 7) is 0. The predicted octanol–water partition coefficient (Wildman–Crippen LogP) is 1.25. The smallest absolute Gasteiger partial charge is 0.115 e. The summed E-state index contributed by atoms with van der Waals surface area (Å²) in [4.78, 5) is 0. The molecule has 0 saturated heterocycles. The molecule has 0 aromatic heterocycles. The van der Waals surface area contributed by atoms with Crippen molar-refractivity contribution < 1.29 is 9.84 Å². The highest BCUT2D eigenvalue weighted by Crippen LogP contribution is 2.25. The zero-order chi connectivity index (χ0) is 10.1. The van der Waals surface area contributed by atoms with Crippen LogP contribution in [0.3, 0.4) is 0 Å². The topological polar surface area (TPSA) is 55.5 Å². The lowest BCUT2D eigenvalue weighted by atomic mass is 9.86. The van der Waals surface area contributed by atoms with Gasteiger partial charge in [-0.3, -0.25) is 0 Å². The van der Waals surface area contributed by atoms with Crippen molar-refractivity contribution >= 4 is 12.4 Å². The number of phenolic OH excluding ortho intramolecular Hbond substituents is 1. The molecule has 0 aliphatic heterocycles. The van der Waals surface area contributed by atoms with Crippen molar-refractivity contribution in [1.82, 2.24) is 0 Å². The van der Waals surface area contributed by atoms with E-state index in [9.17, 15) is 5.11 Å². The Morgan fingerprint density at radius 2 is 2.07 bits per heavy atom. The molecule has 2 unspecified atom stereocenters. The molecule has 1 aliphatic carbocycles. The zero-order valence-corrected chi connectivity index (χ0v) is 9.46. The number of rotatable bonds is 1. The highest BCUT2D eigenvalue weighted by atomic mass is 35.5. The summed E-state index contributed by atoms with van der Waals surface area (Å²) in [6.07, 6.45) is 1.72. The van der Waals surface area contributed by atoms with Gasteiger partial charge in [-0.05, 0) is 29.7 Å². The van der Waals surface area contributed by atoms with Gasteiger partial charge in [-0.25, -0.2) is 0 Å². The Labute approximate surface area is 95.7 Å². The summed E-state index contributed by atoms with van der Waals surface area (Å²) in [5.74, 6) is 0.312. The summed E-state index contributed by atoms with van der Waals surface area (Å²) < 4.78 is 5.30. The molecular weight excluding hydrogens is 214 g/mol. The van der Waals surface area contributed by atoms with Gasteiger partial charge < -0.3 is 15.6 Å². The van der Waals surface area contributed by atoms with Gasteiger partial charge in [0.25, 0.3) is 0 Å². The molecule has 0 saturated carbocycles. The first-order valence-electron chi connectivity index (χ1n) is 4.80. The molecule has 0 amide bonds. The lowest BCUT2D eigenvalue weighted by molar-refractivity contribution is 0.0754. The molecule has 1 aromatic rings. The summed E-state index contributed by atoms with van der Waals surface area (Å²) in [7, 11) is 1.69. The second kappa shape index (κ2) is 4.84. The lowest BCUT2D eigenvalue weighted by Gasteiger charge is -2.29.